The molecule has 2 nitrogen and oxygen atoms in total. The van der Waals surface area contributed by atoms with E-state index in [2.05, 4.69) is 0 Å². The summed E-state index contributed by atoms with van der Waals surface area (Å²) in [6.45, 7) is 0. The van der Waals surface area contributed by atoms with Crippen LogP contribution in [0, 0.1) is 11.8 Å². The average molecular weight is 140 g/mol. The third-order valence-electron chi connectivity index (χ3n) is 3.93. The van der Waals surface area contributed by atoms with Gasteiger partial charge in [0.1, 0.15) is 0 Å². The maximum absolute atomic E-state index is 9.86. The summed E-state index contributed by atoms with van der Waals surface area (Å²) in [6.07, 6.45) is 3.48. The van der Waals surface area contributed by atoms with Gasteiger partial charge in [-0.25, -0.2) is 0 Å². The fraction of sp³-hybridized carbons (Fsp3) is 1.00. The average Bonchev–Trinajstić information content (AvgIpc) is 2.27. The molecule has 0 aliphatic heterocycles. The van der Waals surface area contributed by atoms with Crippen LogP contribution in [0.4, 0.5) is 0 Å². The van der Waals surface area contributed by atoms with Crippen LogP contribution in [-0.4, -0.2) is 21.4 Å². The number of hydrogen-bond acceptors (Lipinski definition) is 2. The lowest BCUT2D eigenvalue weighted by molar-refractivity contribution is -0.107. The second-order valence-corrected chi connectivity index (χ2v) is 4.40. The molecule has 0 unspecified atom stereocenters. The lowest BCUT2D eigenvalue weighted by Crippen LogP contribution is -2.44. The molecule has 2 N–H and O–H groups in total. The van der Waals surface area contributed by atoms with Crippen molar-refractivity contribution in [3.63, 3.8) is 0 Å². The Balaban J connectivity index is 2.17. The fourth-order valence-electron chi connectivity index (χ4n) is 3.47. The van der Waals surface area contributed by atoms with Crippen molar-refractivity contribution in [3.05, 3.63) is 0 Å². The Morgan fingerprint density at radius 3 is 1.20 bits per heavy atom. The van der Waals surface area contributed by atoms with Crippen molar-refractivity contribution >= 4 is 0 Å². The van der Waals surface area contributed by atoms with Gasteiger partial charge < -0.3 is 10.2 Å². The maximum Gasteiger partial charge on any atom is 0.0939 e. The topological polar surface area (TPSA) is 40.5 Å². The van der Waals surface area contributed by atoms with Crippen LogP contribution < -0.4 is 0 Å². The van der Waals surface area contributed by atoms with Gasteiger partial charge in [0.15, 0.2) is 0 Å². The van der Waals surface area contributed by atoms with Crippen LogP contribution in [0.5, 0.6) is 0 Å². The van der Waals surface area contributed by atoms with Crippen LogP contribution in [0.1, 0.15) is 25.7 Å². The minimum Gasteiger partial charge on any atom is -0.387 e. The molecule has 0 amide bonds. The second-order valence-electron chi connectivity index (χ2n) is 4.40. The van der Waals surface area contributed by atoms with E-state index in [9.17, 15) is 10.2 Å². The van der Waals surface area contributed by atoms with Crippen LogP contribution in [-0.2, 0) is 0 Å². The summed E-state index contributed by atoms with van der Waals surface area (Å²) in [5.74, 6) is 1.30. The fourth-order valence-corrected chi connectivity index (χ4v) is 3.47. The van der Waals surface area contributed by atoms with E-state index in [0.29, 0.717) is 11.8 Å². The van der Waals surface area contributed by atoms with E-state index in [-0.39, 0.29) is 0 Å². The van der Waals surface area contributed by atoms with Crippen molar-refractivity contribution in [3.8, 4) is 0 Å². The summed E-state index contributed by atoms with van der Waals surface area (Å²) in [4.78, 5) is 0. The molecule has 0 atom stereocenters. The third-order valence-corrected chi connectivity index (χ3v) is 3.93. The maximum atomic E-state index is 9.86. The highest BCUT2D eigenvalue weighted by Gasteiger charge is 2.70. The molecule has 0 radical (unpaired) electrons. The molecule has 2 heteroatoms. The summed E-state index contributed by atoms with van der Waals surface area (Å²) in [6, 6.07) is 0. The molecule has 0 aromatic carbocycles. The van der Waals surface area contributed by atoms with Crippen LogP contribution in [0.3, 0.4) is 0 Å². The van der Waals surface area contributed by atoms with Crippen molar-refractivity contribution in [2.75, 3.05) is 0 Å². The Kier molecular flexibility index (Phi) is 0.647. The van der Waals surface area contributed by atoms with Crippen LogP contribution in [0.15, 0.2) is 0 Å². The molecule has 0 aromatic rings. The van der Waals surface area contributed by atoms with Gasteiger partial charge in [-0.15, -0.1) is 0 Å². The van der Waals surface area contributed by atoms with Gasteiger partial charge in [0.25, 0.3) is 0 Å². The molecule has 4 fully saturated rings. The molecule has 4 bridgehead atoms. The summed E-state index contributed by atoms with van der Waals surface area (Å²) in [5.41, 5.74) is -1.33. The lowest BCUT2D eigenvalue weighted by atomic mass is 9.90. The monoisotopic (exact) mass is 140 g/mol. The highest BCUT2D eigenvalue weighted by molar-refractivity contribution is 5.22. The molecule has 0 aromatic heterocycles. The molecule has 56 valence electrons. The zero-order valence-electron chi connectivity index (χ0n) is 5.88. The molecular weight excluding hydrogens is 128 g/mol. The normalized spacial score (nSPS) is 70.2. The van der Waals surface area contributed by atoms with E-state index in [4.69, 9.17) is 0 Å². The third kappa shape index (κ3) is 0.350. The molecule has 0 saturated heterocycles. The first-order chi connectivity index (χ1) is 4.63. The zero-order chi connectivity index (χ0) is 6.98. The molecule has 4 aliphatic carbocycles. The first-order valence-corrected chi connectivity index (χ1v) is 4.08. The van der Waals surface area contributed by atoms with Gasteiger partial charge in [-0.05, 0) is 37.5 Å². The van der Waals surface area contributed by atoms with Crippen molar-refractivity contribution in [2.45, 2.75) is 36.9 Å². The summed E-state index contributed by atoms with van der Waals surface area (Å²) in [5, 5.41) is 19.7. The SMILES string of the molecule is OC12CC3CC1(O)CC3C2. The predicted octanol–water partition coefficient (Wildman–Crippen LogP) is 0.282. The van der Waals surface area contributed by atoms with Crippen molar-refractivity contribution in [1.29, 1.82) is 0 Å². The number of hydrogen-bond donors (Lipinski definition) is 2. The molecule has 0 spiro atoms. The Morgan fingerprint density at radius 2 is 1.10 bits per heavy atom. The second kappa shape index (κ2) is 1.16. The van der Waals surface area contributed by atoms with Crippen LogP contribution in [0.2, 0.25) is 0 Å². The summed E-state index contributed by atoms with van der Waals surface area (Å²) >= 11 is 0. The number of rotatable bonds is 0. The highest BCUT2D eigenvalue weighted by Crippen LogP contribution is 2.67. The standard InChI is InChI=1S/C8H12O2/c9-7-1-5-2-8(7,10)4-6(5)3-7/h5-6,9-10H,1-4H2. The summed E-state index contributed by atoms with van der Waals surface area (Å²) in [7, 11) is 0. The van der Waals surface area contributed by atoms with Crippen molar-refractivity contribution < 1.29 is 10.2 Å². The first-order valence-electron chi connectivity index (χ1n) is 4.08. The van der Waals surface area contributed by atoms with Gasteiger partial charge in [-0.2, -0.15) is 0 Å². The quantitative estimate of drug-likeness (QED) is 0.507. The predicted molar refractivity (Wildman–Crippen MR) is 35.3 cm³/mol. The van der Waals surface area contributed by atoms with E-state index >= 15 is 0 Å². The first kappa shape index (κ1) is 5.56. The Morgan fingerprint density at radius 1 is 0.800 bits per heavy atom. The summed E-state index contributed by atoms with van der Waals surface area (Å²) < 4.78 is 0. The molecule has 0 heterocycles. The van der Waals surface area contributed by atoms with Gasteiger partial charge in [-0.3, -0.25) is 0 Å². The zero-order valence-corrected chi connectivity index (χ0v) is 5.88. The Bertz CT molecular complexity index is 165. The van der Waals surface area contributed by atoms with Crippen LogP contribution >= 0.6 is 0 Å². The number of aliphatic hydroxyl groups is 2. The van der Waals surface area contributed by atoms with Crippen LogP contribution in [0.25, 0.3) is 0 Å². The van der Waals surface area contributed by atoms with E-state index < -0.39 is 11.2 Å². The largest absolute Gasteiger partial charge is 0.387 e. The minimum atomic E-state index is -0.664. The van der Waals surface area contributed by atoms with Gasteiger partial charge in [0, 0.05) is 0 Å². The molecule has 4 saturated carbocycles. The van der Waals surface area contributed by atoms with E-state index in [1.165, 1.54) is 0 Å². The Labute approximate surface area is 59.9 Å². The Hall–Kier alpha value is -0.0800. The van der Waals surface area contributed by atoms with E-state index in [0.717, 1.165) is 25.7 Å². The lowest BCUT2D eigenvalue weighted by Gasteiger charge is -2.30. The molecule has 10 heavy (non-hydrogen) atoms. The van der Waals surface area contributed by atoms with Gasteiger partial charge >= 0.3 is 0 Å². The van der Waals surface area contributed by atoms with Crippen molar-refractivity contribution in [2.24, 2.45) is 11.8 Å². The van der Waals surface area contributed by atoms with Crippen molar-refractivity contribution in [1.82, 2.24) is 0 Å². The smallest absolute Gasteiger partial charge is 0.0939 e. The van der Waals surface area contributed by atoms with E-state index in [1.807, 2.05) is 0 Å². The highest BCUT2D eigenvalue weighted by atomic mass is 16.4. The molecular formula is C8H12O2. The molecule has 4 rings (SSSR count). The van der Waals surface area contributed by atoms with Gasteiger partial charge in [-0.1, -0.05) is 0 Å². The van der Waals surface area contributed by atoms with Gasteiger partial charge in [0.2, 0.25) is 0 Å². The minimum absolute atomic E-state index is 0.648. The van der Waals surface area contributed by atoms with Gasteiger partial charge in [0.05, 0.1) is 11.2 Å². The van der Waals surface area contributed by atoms with E-state index in [1.54, 1.807) is 0 Å². The molecule has 4 aliphatic rings.